The van der Waals surface area contributed by atoms with Gasteiger partial charge in [0.25, 0.3) is 0 Å². The fourth-order valence-corrected chi connectivity index (χ4v) is 1.49. The minimum Gasteiger partial charge on any atom is -0.495 e. The van der Waals surface area contributed by atoms with Crippen LogP contribution in [0.2, 0.25) is 0 Å². The minimum absolute atomic E-state index is 0.262. The van der Waals surface area contributed by atoms with Crippen LogP contribution in [0.3, 0.4) is 0 Å². The average Bonchev–Trinajstić information content (AvgIpc) is 2.85. The van der Waals surface area contributed by atoms with Gasteiger partial charge in [-0.25, -0.2) is 4.39 Å². The highest BCUT2D eigenvalue weighted by molar-refractivity contribution is 5.62. The minimum atomic E-state index is -0.432. The first-order valence-electron chi connectivity index (χ1n) is 5.33. The number of nitrogens with two attached hydrogens (primary N) is 1. The van der Waals surface area contributed by atoms with Crippen molar-refractivity contribution in [3.05, 3.63) is 30.2 Å². The molecule has 0 amide bonds. The van der Waals surface area contributed by atoms with E-state index < -0.39 is 5.82 Å². The second kappa shape index (κ2) is 5.35. The summed E-state index contributed by atoms with van der Waals surface area (Å²) in [6.07, 6.45) is 1.83. The van der Waals surface area contributed by atoms with Crippen LogP contribution in [0.25, 0.3) is 0 Å². The van der Waals surface area contributed by atoms with Crippen LogP contribution in [0, 0.1) is 5.82 Å². The molecule has 0 spiro atoms. The summed E-state index contributed by atoms with van der Waals surface area (Å²) in [7, 11) is 1.48. The molecule has 0 fully saturated rings. The predicted octanol–water partition coefficient (Wildman–Crippen LogP) is 1.45. The molecule has 0 aliphatic rings. The van der Waals surface area contributed by atoms with Gasteiger partial charge in [-0.05, 0) is 0 Å². The SMILES string of the molecule is COc1cc(NCCc2ncno2)c(F)cc1N. The highest BCUT2D eigenvalue weighted by Gasteiger charge is 2.08. The Morgan fingerprint density at radius 2 is 2.33 bits per heavy atom. The largest absolute Gasteiger partial charge is 0.495 e. The zero-order valence-corrected chi connectivity index (χ0v) is 9.81. The standard InChI is InChI=1S/C11H13FN4O2/c1-17-10-5-9(7(12)4-8(10)13)14-3-2-11-15-6-16-18-11/h4-6,14H,2-3,13H2,1H3. The van der Waals surface area contributed by atoms with Crippen LogP contribution in [0.1, 0.15) is 5.89 Å². The molecule has 3 N–H and O–H groups in total. The van der Waals surface area contributed by atoms with Crippen molar-refractivity contribution in [2.24, 2.45) is 0 Å². The summed E-state index contributed by atoms with van der Waals surface area (Å²) in [4.78, 5) is 3.86. The van der Waals surface area contributed by atoms with E-state index in [9.17, 15) is 4.39 Å². The van der Waals surface area contributed by atoms with E-state index in [1.165, 1.54) is 25.6 Å². The molecule has 1 aromatic heterocycles. The molecule has 0 saturated carbocycles. The molecule has 0 aliphatic heterocycles. The number of anilines is 2. The Kier molecular flexibility index (Phi) is 3.61. The number of nitrogen functional groups attached to an aromatic ring is 1. The van der Waals surface area contributed by atoms with E-state index in [4.69, 9.17) is 15.0 Å². The monoisotopic (exact) mass is 252 g/mol. The zero-order chi connectivity index (χ0) is 13.0. The van der Waals surface area contributed by atoms with Gasteiger partial charge >= 0.3 is 0 Å². The van der Waals surface area contributed by atoms with E-state index in [1.54, 1.807) is 0 Å². The van der Waals surface area contributed by atoms with Crippen LogP contribution in [-0.2, 0) is 6.42 Å². The van der Waals surface area contributed by atoms with E-state index in [2.05, 4.69) is 15.5 Å². The number of nitrogens with one attached hydrogen (secondary N) is 1. The molecule has 7 heteroatoms. The van der Waals surface area contributed by atoms with Gasteiger partial charge in [0, 0.05) is 25.1 Å². The van der Waals surface area contributed by atoms with Gasteiger partial charge in [-0.2, -0.15) is 4.98 Å². The summed E-state index contributed by atoms with van der Waals surface area (Å²) in [5.74, 6) is 0.487. The second-order valence-corrected chi connectivity index (χ2v) is 3.59. The van der Waals surface area contributed by atoms with Crippen molar-refractivity contribution < 1.29 is 13.7 Å². The number of aromatic nitrogens is 2. The molecule has 1 aromatic carbocycles. The molecule has 0 radical (unpaired) electrons. The molecule has 0 aliphatic carbocycles. The highest BCUT2D eigenvalue weighted by Crippen LogP contribution is 2.28. The molecule has 2 aromatic rings. The maximum Gasteiger partial charge on any atom is 0.228 e. The summed E-state index contributed by atoms with van der Waals surface area (Å²) in [6, 6.07) is 2.73. The topological polar surface area (TPSA) is 86.2 Å². The summed E-state index contributed by atoms with van der Waals surface area (Å²) < 4.78 is 23.4. The summed E-state index contributed by atoms with van der Waals surface area (Å²) >= 11 is 0. The van der Waals surface area contributed by atoms with Crippen molar-refractivity contribution in [1.29, 1.82) is 0 Å². The average molecular weight is 252 g/mol. The van der Waals surface area contributed by atoms with Crippen molar-refractivity contribution in [3.63, 3.8) is 0 Å². The van der Waals surface area contributed by atoms with Crippen molar-refractivity contribution in [2.45, 2.75) is 6.42 Å². The second-order valence-electron chi connectivity index (χ2n) is 3.59. The van der Waals surface area contributed by atoms with Gasteiger partial charge < -0.3 is 20.3 Å². The molecule has 0 bridgehead atoms. The van der Waals surface area contributed by atoms with Gasteiger partial charge in [0.05, 0.1) is 18.5 Å². The van der Waals surface area contributed by atoms with Crippen molar-refractivity contribution in [1.82, 2.24) is 10.1 Å². The number of rotatable bonds is 5. The lowest BCUT2D eigenvalue weighted by atomic mass is 10.2. The molecule has 1 heterocycles. The van der Waals surface area contributed by atoms with Gasteiger partial charge in [0.15, 0.2) is 6.33 Å². The van der Waals surface area contributed by atoms with Crippen LogP contribution in [-0.4, -0.2) is 23.8 Å². The highest BCUT2D eigenvalue weighted by atomic mass is 19.1. The smallest absolute Gasteiger partial charge is 0.228 e. The zero-order valence-electron chi connectivity index (χ0n) is 9.81. The quantitative estimate of drug-likeness (QED) is 0.783. The van der Waals surface area contributed by atoms with Crippen LogP contribution in [0.5, 0.6) is 5.75 Å². The maximum absolute atomic E-state index is 13.6. The summed E-state index contributed by atoms with van der Waals surface area (Å²) in [6.45, 7) is 0.464. The molecule has 2 rings (SSSR count). The first-order chi connectivity index (χ1) is 8.70. The van der Waals surface area contributed by atoms with Gasteiger partial charge in [0.2, 0.25) is 5.89 Å². The fraction of sp³-hybridized carbons (Fsp3) is 0.273. The third kappa shape index (κ3) is 2.68. The third-order valence-electron chi connectivity index (χ3n) is 2.38. The number of benzene rings is 1. The Labute approximate surface area is 103 Å². The maximum atomic E-state index is 13.6. The number of hydrogen-bond acceptors (Lipinski definition) is 6. The Morgan fingerprint density at radius 1 is 1.50 bits per heavy atom. The number of methoxy groups -OCH3 is 1. The lowest BCUT2D eigenvalue weighted by molar-refractivity contribution is 0.379. The van der Waals surface area contributed by atoms with Crippen molar-refractivity contribution >= 4 is 11.4 Å². The molecule has 0 atom stereocenters. The van der Waals surface area contributed by atoms with E-state index in [-0.39, 0.29) is 5.69 Å². The molecule has 0 unspecified atom stereocenters. The predicted molar refractivity (Wildman–Crippen MR) is 63.9 cm³/mol. The summed E-state index contributed by atoms with van der Waals surface area (Å²) in [5, 5.41) is 6.39. The third-order valence-corrected chi connectivity index (χ3v) is 2.38. The van der Waals surface area contributed by atoms with Gasteiger partial charge in [-0.1, -0.05) is 5.16 Å². The lowest BCUT2D eigenvalue weighted by Gasteiger charge is -2.10. The van der Waals surface area contributed by atoms with Crippen molar-refractivity contribution in [2.75, 3.05) is 24.7 Å². The molecule has 6 nitrogen and oxygen atoms in total. The molecule has 18 heavy (non-hydrogen) atoms. The fourth-order valence-electron chi connectivity index (χ4n) is 1.49. The van der Waals surface area contributed by atoms with E-state index in [1.807, 2.05) is 0 Å². The van der Waals surface area contributed by atoms with E-state index >= 15 is 0 Å². The van der Waals surface area contributed by atoms with Crippen LogP contribution < -0.4 is 15.8 Å². The number of nitrogens with zero attached hydrogens (tertiary/aromatic N) is 2. The van der Waals surface area contributed by atoms with Crippen LogP contribution in [0.4, 0.5) is 15.8 Å². The number of ether oxygens (including phenoxy) is 1. The summed E-state index contributed by atoms with van der Waals surface area (Å²) in [5.41, 5.74) is 6.16. The Hall–Kier alpha value is -2.31. The first kappa shape index (κ1) is 12.2. The molecule has 96 valence electrons. The number of hydrogen-bond donors (Lipinski definition) is 2. The first-order valence-corrected chi connectivity index (χ1v) is 5.33. The Morgan fingerprint density at radius 3 is 3.00 bits per heavy atom. The molecular weight excluding hydrogens is 239 g/mol. The van der Waals surface area contributed by atoms with Gasteiger partial charge in [-0.15, -0.1) is 0 Å². The Balaban J connectivity index is 2.00. The van der Waals surface area contributed by atoms with Crippen molar-refractivity contribution in [3.8, 4) is 5.75 Å². The van der Waals surface area contributed by atoms with Crippen LogP contribution in [0.15, 0.2) is 23.0 Å². The van der Waals surface area contributed by atoms with Gasteiger partial charge in [0.1, 0.15) is 11.6 Å². The Bertz CT molecular complexity index is 516. The number of halogens is 1. The van der Waals surface area contributed by atoms with E-state index in [0.717, 1.165) is 0 Å². The van der Waals surface area contributed by atoms with Crippen LogP contribution >= 0.6 is 0 Å². The lowest BCUT2D eigenvalue weighted by Crippen LogP contribution is -2.07. The normalized spacial score (nSPS) is 10.3. The van der Waals surface area contributed by atoms with Gasteiger partial charge in [-0.3, -0.25) is 0 Å². The molecular formula is C11H13FN4O2. The molecule has 0 saturated heterocycles. The van der Waals surface area contributed by atoms with E-state index in [0.29, 0.717) is 30.3 Å².